The number of amides is 1. The van der Waals surface area contributed by atoms with Gasteiger partial charge in [-0.15, -0.1) is 11.3 Å². The summed E-state index contributed by atoms with van der Waals surface area (Å²) in [7, 11) is 0. The van der Waals surface area contributed by atoms with Gasteiger partial charge in [0.25, 0.3) is 0 Å². The van der Waals surface area contributed by atoms with Gasteiger partial charge < -0.3 is 4.90 Å². The fraction of sp³-hybridized carbons (Fsp3) is 0.455. The fourth-order valence-electron chi connectivity index (χ4n) is 1.35. The maximum atomic E-state index is 11.6. The molecular weight excluding hydrogens is 210 g/mol. The minimum absolute atomic E-state index is 0.0117. The van der Waals surface area contributed by atoms with Crippen LogP contribution in [0.1, 0.15) is 29.9 Å². The van der Waals surface area contributed by atoms with E-state index in [4.69, 9.17) is 0 Å². The van der Waals surface area contributed by atoms with Crippen LogP contribution in [0.4, 0.5) is 0 Å². The first-order valence-corrected chi connectivity index (χ1v) is 5.91. The lowest BCUT2D eigenvalue weighted by molar-refractivity contribution is -0.129. The normalized spacial score (nSPS) is 10.0. The lowest BCUT2D eigenvalue weighted by Gasteiger charge is -2.17. The molecule has 0 N–H and O–H groups in total. The van der Waals surface area contributed by atoms with Crippen molar-refractivity contribution in [1.82, 2.24) is 4.90 Å². The second-order valence-electron chi connectivity index (χ2n) is 3.14. The molecule has 4 heteroatoms. The molecule has 0 saturated carbocycles. The van der Waals surface area contributed by atoms with E-state index in [0.717, 1.165) is 0 Å². The molecular formula is C11H15NO2S. The highest BCUT2D eigenvalue weighted by Crippen LogP contribution is 2.11. The molecule has 0 atom stereocenters. The molecule has 0 radical (unpaired) electrons. The van der Waals surface area contributed by atoms with Crippen LogP contribution < -0.4 is 0 Å². The van der Waals surface area contributed by atoms with Gasteiger partial charge in [-0.3, -0.25) is 9.59 Å². The van der Waals surface area contributed by atoms with E-state index in [-0.39, 0.29) is 18.1 Å². The van der Waals surface area contributed by atoms with Crippen molar-refractivity contribution in [2.24, 2.45) is 0 Å². The Bertz CT molecular complexity index is 328. The molecule has 0 spiro atoms. The molecule has 0 aromatic carbocycles. The molecule has 1 aromatic heterocycles. The van der Waals surface area contributed by atoms with Gasteiger partial charge in [0.1, 0.15) is 0 Å². The molecule has 1 heterocycles. The second-order valence-corrected chi connectivity index (χ2v) is 4.09. The second kappa shape index (κ2) is 5.66. The first kappa shape index (κ1) is 11.9. The van der Waals surface area contributed by atoms with E-state index in [1.807, 2.05) is 25.3 Å². The van der Waals surface area contributed by atoms with Crippen molar-refractivity contribution in [2.75, 3.05) is 13.1 Å². The zero-order valence-corrected chi connectivity index (χ0v) is 9.84. The van der Waals surface area contributed by atoms with E-state index >= 15 is 0 Å². The van der Waals surface area contributed by atoms with Gasteiger partial charge in [-0.2, -0.15) is 0 Å². The summed E-state index contributed by atoms with van der Waals surface area (Å²) in [5.41, 5.74) is 0. The molecule has 0 unspecified atom stereocenters. The zero-order chi connectivity index (χ0) is 11.3. The van der Waals surface area contributed by atoms with Crippen molar-refractivity contribution in [2.45, 2.75) is 20.3 Å². The van der Waals surface area contributed by atoms with Gasteiger partial charge in [-0.1, -0.05) is 6.07 Å². The van der Waals surface area contributed by atoms with E-state index in [0.29, 0.717) is 18.0 Å². The maximum absolute atomic E-state index is 11.6. The first-order chi connectivity index (χ1) is 7.19. The summed E-state index contributed by atoms with van der Waals surface area (Å²) in [6.45, 7) is 5.15. The Morgan fingerprint density at radius 2 is 2.00 bits per heavy atom. The Hall–Kier alpha value is -1.16. The van der Waals surface area contributed by atoms with Gasteiger partial charge >= 0.3 is 0 Å². The van der Waals surface area contributed by atoms with Crippen LogP contribution >= 0.6 is 11.3 Å². The molecule has 0 saturated heterocycles. The number of Topliss-reactive ketones (excluding diaryl/α,β-unsaturated/α-hetero) is 1. The Morgan fingerprint density at radius 1 is 1.33 bits per heavy atom. The summed E-state index contributed by atoms with van der Waals surface area (Å²) in [6, 6.07) is 3.57. The summed E-state index contributed by atoms with van der Waals surface area (Å²) in [4.78, 5) is 25.6. The largest absolute Gasteiger partial charge is 0.343 e. The number of hydrogen-bond donors (Lipinski definition) is 0. The molecule has 1 amide bonds. The van der Waals surface area contributed by atoms with Crippen molar-refractivity contribution in [3.63, 3.8) is 0 Å². The molecule has 3 nitrogen and oxygen atoms in total. The summed E-state index contributed by atoms with van der Waals surface area (Å²) in [5.74, 6) is -0.166. The highest BCUT2D eigenvalue weighted by Gasteiger charge is 2.16. The number of nitrogens with zero attached hydrogens (tertiary/aromatic N) is 1. The van der Waals surface area contributed by atoms with E-state index in [2.05, 4.69) is 0 Å². The van der Waals surface area contributed by atoms with Gasteiger partial charge in [0.15, 0.2) is 5.78 Å². The summed E-state index contributed by atoms with van der Waals surface area (Å²) in [5, 5.41) is 1.84. The topological polar surface area (TPSA) is 37.4 Å². The quantitative estimate of drug-likeness (QED) is 0.569. The number of thiophene rings is 1. The van der Waals surface area contributed by atoms with Gasteiger partial charge in [0.2, 0.25) is 5.91 Å². The third-order valence-corrected chi connectivity index (χ3v) is 3.13. The lowest BCUT2D eigenvalue weighted by Crippen LogP contribution is -2.31. The van der Waals surface area contributed by atoms with Gasteiger partial charge in [-0.05, 0) is 25.3 Å². The highest BCUT2D eigenvalue weighted by molar-refractivity contribution is 7.12. The van der Waals surface area contributed by atoms with Crippen LogP contribution in [0, 0.1) is 0 Å². The SMILES string of the molecule is CCN(CC)C(=O)CC(=O)c1cccs1. The smallest absolute Gasteiger partial charge is 0.230 e. The van der Waals surface area contributed by atoms with Crippen LogP contribution in [0.3, 0.4) is 0 Å². The Kier molecular flexibility index (Phi) is 4.49. The van der Waals surface area contributed by atoms with Gasteiger partial charge in [0, 0.05) is 13.1 Å². The minimum Gasteiger partial charge on any atom is -0.343 e. The van der Waals surface area contributed by atoms with Gasteiger partial charge in [-0.25, -0.2) is 0 Å². The third-order valence-electron chi connectivity index (χ3n) is 2.22. The van der Waals surface area contributed by atoms with E-state index < -0.39 is 0 Å². The van der Waals surface area contributed by atoms with E-state index in [1.165, 1.54) is 11.3 Å². The van der Waals surface area contributed by atoms with Crippen LogP contribution in [0.15, 0.2) is 17.5 Å². The fourth-order valence-corrected chi connectivity index (χ4v) is 2.01. The Balaban J connectivity index is 2.55. The molecule has 0 aliphatic heterocycles. The lowest BCUT2D eigenvalue weighted by atomic mass is 10.2. The molecule has 0 bridgehead atoms. The molecule has 15 heavy (non-hydrogen) atoms. The van der Waals surface area contributed by atoms with Crippen LogP contribution in [-0.4, -0.2) is 29.7 Å². The predicted molar refractivity (Wildman–Crippen MR) is 61.2 cm³/mol. The van der Waals surface area contributed by atoms with Crippen LogP contribution in [0.2, 0.25) is 0 Å². The molecule has 0 fully saturated rings. The molecule has 82 valence electrons. The van der Waals surface area contributed by atoms with Crippen molar-refractivity contribution in [3.05, 3.63) is 22.4 Å². The van der Waals surface area contributed by atoms with Gasteiger partial charge in [0.05, 0.1) is 11.3 Å². The number of ketones is 1. The number of carbonyl (C=O) groups is 2. The van der Waals surface area contributed by atoms with E-state index in [1.54, 1.807) is 11.0 Å². The average molecular weight is 225 g/mol. The molecule has 0 aliphatic carbocycles. The third kappa shape index (κ3) is 3.16. The Labute approximate surface area is 93.7 Å². The predicted octanol–water partition coefficient (Wildman–Crippen LogP) is 2.19. The minimum atomic E-state index is -0.0848. The van der Waals surface area contributed by atoms with Crippen molar-refractivity contribution in [3.8, 4) is 0 Å². The number of carbonyl (C=O) groups excluding carboxylic acids is 2. The summed E-state index contributed by atoms with van der Waals surface area (Å²) >= 11 is 1.38. The number of rotatable bonds is 5. The van der Waals surface area contributed by atoms with Crippen LogP contribution in [0.25, 0.3) is 0 Å². The average Bonchev–Trinajstić information content (AvgIpc) is 2.72. The van der Waals surface area contributed by atoms with Crippen LogP contribution in [0.5, 0.6) is 0 Å². The van der Waals surface area contributed by atoms with Crippen molar-refractivity contribution in [1.29, 1.82) is 0 Å². The first-order valence-electron chi connectivity index (χ1n) is 5.03. The Morgan fingerprint density at radius 3 is 2.47 bits per heavy atom. The maximum Gasteiger partial charge on any atom is 0.230 e. The summed E-state index contributed by atoms with van der Waals surface area (Å²) in [6.07, 6.45) is -0.0117. The number of hydrogen-bond acceptors (Lipinski definition) is 3. The summed E-state index contributed by atoms with van der Waals surface area (Å²) < 4.78 is 0. The van der Waals surface area contributed by atoms with Crippen molar-refractivity contribution < 1.29 is 9.59 Å². The van der Waals surface area contributed by atoms with E-state index in [9.17, 15) is 9.59 Å². The van der Waals surface area contributed by atoms with Crippen molar-refractivity contribution >= 4 is 23.0 Å². The standard InChI is InChI=1S/C11H15NO2S/c1-3-12(4-2)11(14)8-9(13)10-6-5-7-15-10/h5-7H,3-4,8H2,1-2H3. The molecule has 1 rings (SSSR count). The van der Waals surface area contributed by atoms with Crippen LogP contribution in [-0.2, 0) is 4.79 Å². The molecule has 0 aliphatic rings. The monoisotopic (exact) mass is 225 g/mol. The zero-order valence-electron chi connectivity index (χ0n) is 9.03. The molecule has 1 aromatic rings. The highest BCUT2D eigenvalue weighted by atomic mass is 32.1.